The molecule has 6 nitrogen and oxygen atoms in total. The molecule has 2 N–H and O–H groups in total. The molecule has 1 saturated carbocycles. The number of rotatable bonds is 9. The number of imidazole rings is 1. The molecule has 2 aliphatic rings. The Morgan fingerprint density at radius 2 is 1.71 bits per heavy atom. The summed E-state index contributed by atoms with van der Waals surface area (Å²) in [4.78, 5) is 19.0. The second kappa shape index (κ2) is 11.5. The van der Waals surface area contributed by atoms with E-state index in [2.05, 4.69) is 67.5 Å². The molecule has 35 heavy (non-hydrogen) atoms. The van der Waals surface area contributed by atoms with Crippen molar-refractivity contribution in [3.8, 4) is 0 Å². The lowest BCUT2D eigenvalue weighted by Crippen LogP contribution is -2.44. The van der Waals surface area contributed by atoms with Crippen molar-refractivity contribution in [3.05, 3.63) is 78.9 Å². The molecular formula is C29H37N5O. The first kappa shape index (κ1) is 23.6. The highest BCUT2D eigenvalue weighted by molar-refractivity contribution is 5.92. The van der Waals surface area contributed by atoms with Crippen LogP contribution in [0, 0.1) is 5.92 Å². The lowest BCUT2D eigenvalue weighted by atomic mass is 9.98. The van der Waals surface area contributed by atoms with Gasteiger partial charge in [0.1, 0.15) is 0 Å². The number of nitrogens with zero attached hydrogens (tertiary/aromatic N) is 3. The van der Waals surface area contributed by atoms with Gasteiger partial charge >= 0.3 is 0 Å². The van der Waals surface area contributed by atoms with E-state index in [-0.39, 0.29) is 11.8 Å². The maximum Gasteiger partial charge on any atom is 0.227 e. The molecule has 0 unspecified atom stereocenters. The van der Waals surface area contributed by atoms with Crippen molar-refractivity contribution < 1.29 is 4.79 Å². The van der Waals surface area contributed by atoms with Gasteiger partial charge in [-0.2, -0.15) is 0 Å². The largest absolute Gasteiger partial charge is 0.371 e. The van der Waals surface area contributed by atoms with E-state index >= 15 is 0 Å². The molecule has 1 aromatic heterocycles. The van der Waals surface area contributed by atoms with Gasteiger partial charge in [-0.3, -0.25) is 4.79 Å². The van der Waals surface area contributed by atoms with Gasteiger partial charge in [0.25, 0.3) is 0 Å². The minimum atomic E-state index is 0.183. The van der Waals surface area contributed by atoms with Crippen molar-refractivity contribution in [1.82, 2.24) is 14.9 Å². The summed E-state index contributed by atoms with van der Waals surface area (Å²) in [5, 5.41) is 7.06. The standard InChI is InChI=1S/C29H37N5O/c35-29(24-8-4-5-9-24)32-25-10-12-27(13-11-25)34-19-14-26(15-20-34)31-28(23-6-2-1-3-7-23)16-18-33-21-17-30-22-33/h1-3,6-7,10-13,17,21-22,24,26,28,31H,4-5,8-9,14-16,18-20H2,(H,32,35)/t28-/m1/s1. The van der Waals surface area contributed by atoms with Gasteiger partial charge in [0.15, 0.2) is 0 Å². The van der Waals surface area contributed by atoms with Crippen LogP contribution in [-0.2, 0) is 11.3 Å². The predicted octanol–water partition coefficient (Wildman–Crippen LogP) is 5.40. The Kier molecular flexibility index (Phi) is 7.79. The first-order chi connectivity index (χ1) is 17.2. The molecule has 2 heterocycles. The summed E-state index contributed by atoms with van der Waals surface area (Å²) in [6.45, 7) is 3.03. The summed E-state index contributed by atoms with van der Waals surface area (Å²) in [7, 11) is 0. The first-order valence-electron chi connectivity index (χ1n) is 13.2. The van der Waals surface area contributed by atoms with Crippen LogP contribution in [0.5, 0.6) is 0 Å². The third-order valence-corrected chi connectivity index (χ3v) is 7.59. The molecule has 5 rings (SSSR count). The summed E-state index contributed by atoms with van der Waals surface area (Å²) in [6.07, 6.45) is 13.5. The Morgan fingerprint density at radius 3 is 2.40 bits per heavy atom. The normalized spacial score (nSPS) is 18.0. The Labute approximate surface area is 208 Å². The highest BCUT2D eigenvalue weighted by Gasteiger charge is 2.24. The minimum Gasteiger partial charge on any atom is -0.371 e. The molecule has 2 aromatic carbocycles. The van der Waals surface area contributed by atoms with Gasteiger partial charge < -0.3 is 20.1 Å². The molecule has 1 atom stereocenters. The molecule has 1 aliphatic heterocycles. The van der Waals surface area contributed by atoms with Crippen LogP contribution in [0.2, 0.25) is 0 Å². The maximum atomic E-state index is 12.4. The quantitative estimate of drug-likeness (QED) is 0.439. The molecule has 2 fully saturated rings. The van der Waals surface area contributed by atoms with Gasteiger partial charge in [-0.1, -0.05) is 43.2 Å². The molecular weight excluding hydrogens is 434 g/mol. The zero-order valence-electron chi connectivity index (χ0n) is 20.5. The van der Waals surface area contributed by atoms with Crippen LogP contribution < -0.4 is 15.5 Å². The van der Waals surface area contributed by atoms with Crippen molar-refractivity contribution in [2.45, 2.75) is 63.6 Å². The molecule has 3 aromatic rings. The summed E-state index contributed by atoms with van der Waals surface area (Å²) in [5.41, 5.74) is 3.50. The maximum absolute atomic E-state index is 12.4. The third kappa shape index (κ3) is 6.31. The van der Waals surface area contributed by atoms with Gasteiger partial charge in [-0.15, -0.1) is 0 Å². The average Bonchev–Trinajstić information content (AvgIpc) is 3.63. The van der Waals surface area contributed by atoms with E-state index in [9.17, 15) is 4.79 Å². The fraction of sp³-hybridized carbons (Fsp3) is 0.448. The molecule has 6 heteroatoms. The van der Waals surface area contributed by atoms with E-state index in [0.717, 1.165) is 57.4 Å². The number of aryl methyl sites for hydroxylation is 1. The van der Waals surface area contributed by atoms with Gasteiger partial charge in [-0.05, 0) is 61.9 Å². The zero-order valence-corrected chi connectivity index (χ0v) is 20.5. The first-order valence-corrected chi connectivity index (χ1v) is 13.2. The van der Waals surface area contributed by atoms with Crippen LogP contribution in [0.1, 0.15) is 56.6 Å². The number of amides is 1. The molecule has 1 amide bonds. The number of nitrogens with one attached hydrogen (secondary N) is 2. The summed E-state index contributed by atoms with van der Waals surface area (Å²) < 4.78 is 2.15. The molecule has 0 radical (unpaired) electrons. The minimum absolute atomic E-state index is 0.183. The van der Waals surface area contributed by atoms with Crippen LogP contribution in [-0.4, -0.2) is 34.6 Å². The average molecular weight is 472 g/mol. The van der Waals surface area contributed by atoms with Crippen molar-refractivity contribution in [2.24, 2.45) is 5.92 Å². The molecule has 1 aliphatic carbocycles. The number of aromatic nitrogens is 2. The second-order valence-corrected chi connectivity index (χ2v) is 10.00. The number of anilines is 2. The molecule has 0 bridgehead atoms. The number of benzene rings is 2. The number of carbonyl (C=O) groups excluding carboxylic acids is 1. The Hall–Kier alpha value is -3.12. The lowest BCUT2D eigenvalue weighted by molar-refractivity contribution is -0.119. The van der Waals surface area contributed by atoms with Crippen LogP contribution in [0.3, 0.4) is 0 Å². The Balaban J connectivity index is 1.13. The fourth-order valence-corrected chi connectivity index (χ4v) is 5.51. The van der Waals surface area contributed by atoms with E-state index in [1.807, 2.05) is 30.9 Å². The smallest absolute Gasteiger partial charge is 0.227 e. The van der Waals surface area contributed by atoms with Crippen LogP contribution in [0.15, 0.2) is 73.3 Å². The Morgan fingerprint density at radius 1 is 0.971 bits per heavy atom. The summed E-state index contributed by atoms with van der Waals surface area (Å²) in [6, 6.07) is 20.0. The van der Waals surface area contributed by atoms with Gasteiger partial charge in [0, 0.05) is 61.4 Å². The van der Waals surface area contributed by atoms with Gasteiger partial charge in [-0.25, -0.2) is 4.98 Å². The van der Waals surface area contributed by atoms with E-state index in [4.69, 9.17) is 0 Å². The van der Waals surface area contributed by atoms with Crippen molar-refractivity contribution in [3.63, 3.8) is 0 Å². The van der Waals surface area contributed by atoms with E-state index in [1.54, 1.807) is 0 Å². The molecule has 1 saturated heterocycles. The highest BCUT2D eigenvalue weighted by atomic mass is 16.1. The van der Waals surface area contributed by atoms with E-state index in [1.165, 1.54) is 24.1 Å². The highest BCUT2D eigenvalue weighted by Crippen LogP contribution is 2.28. The Bertz CT molecular complexity index is 1040. The van der Waals surface area contributed by atoms with Crippen LogP contribution in [0.4, 0.5) is 11.4 Å². The van der Waals surface area contributed by atoms with Crippen LogP contribution >= 0.6 is 0 Å². The summed E-state index contributed by atoms with van der Waals surface area (Å²) >= 11 is 0. The topological polar surface area (TPSA) is 62.2 Å². The third-order valence-electron chi connectivity index (χ3n) is 7.59. The number of piperidine rings is 1. The fourth-order valence-electron chi connectivity index (χ4n) is 5.51. The van der Waals surface area contributed by atoms with Gasteiger partial charge in [0.05, 0.1) is 6.33 Å². The molecule has 0 spiro atoms. The SMILES string of the molecule is O=C(Nc1ccc(N2CCC(N[C@H](CCn3ccnc3)c3ccccc3)CC2)cc1)C1CCCC1. The monoisotopic (exact) mass is 471 g/mol. The number of carbonyl (C=O) groups is 1. The number of hydrogen-bond acceptors (Lipinski definition) is 4. The van der Waals surface area contributed by atoms with Crippen molar-refractivity contribution in [1.29, 1.82) is 0 Å². The van der Waals surface area contributed by atoms with E-state index < -0.39 is 0 Å². The number of hydrogen-bond donors (Lipinski definition) is 2. The van der Waals surface area contributed by atoms with Crippen molar-refractivity contribution >= 4 is 17.3 Å². The van der Waals surface area contributed by atoms with Crippen LogP contribution in [0.25, 0.3) is 0 Å². The second-order valence-electron chi connectivity index (χ2n) is 10.00. The lowest BCUT2D eigenvalue weighted by Gasteiger charge is -2.36. The zero-order chi connectivity index (χ0) is 23.9. The predicted molar refractivity (Wildman–Crippen MR) is 141 cm³/mol. The van der Waals surface area contributed by atoms with Gasteiger partial charge in [0.2, 0.25) is 5.91 Å². The summed E-state index contributed by atoms with van der Waals surface area (Å²) in [5.74, 6) is 0.379. The van der Waals surface area contributed by atoms with Crippen molar-refractivity contribution in [2.75, 3.05) is 23.3 Å². The molecule has 184 valence electrons. The van der Waals surface area contributed by atoms with E-state index in [0.29, 0.717) is 12.1 Å².